The smallest absolute Gasteiger partial charge is 0.0781 e. The fourth-order valence-corrected chi connectivity index (χ4v) is 0.635. The Kier molecular flexibility index (Phi) is 6.51. The molecule has 68 valence electrons. The minimum atomic E-state index is -0.390. The number of hydrogen-bond acceptors (Lipinski definition) is 3. The highest BCUT2D eigenvalue weighted by atomic mass is 16.5. The molecule has 0 spiro atoms. The third-order valence-electron chi connectivity index (χ3n) is 1.18. The molecular formula is C8H18O3. The van der Waals surface area contributed by atoms with E-state index in [1.54, 1.807) is 6.92 Å². The molecule has 0 aromatic rings. The number of aliphatic hydroxyl groups excluding tert-OH is 1. The van der Waals surface area contributed by atoms with Crippen LogP contribution in [-0.4, -0.2) is 37.1 Å². The van der Waals surface area contributed by atoms with Crippen LogP contribution >= 0.6 is 0 Å². The van der Waals surface area contributed by atoms with Gasteiger partial charge in [0, 0.05) is 6.61 Å². The van der Waals surface area contributed by atoms with Gasteiger partial charge in [-0.25, -0.2) is 0 Å². The van der Waals surface area contributed by atoms with Gasteiger partial charge in [-0.2, -0.15) is 0 Å². The van der Waals surface area contributed by atoms with E-state index in [4.69, 9.17) is 14.6 Å². The molecule has 0 radical (unpaired) electrons. The van der Waals surface area contributed by atoms with Crippen LogP contribution in [0.3, 0.4) is 0 Å². The summed E-state index contributed by atoms with van der Waals surface area (Å²) in [5.41, 5.74) is 0. The molecule has 0 rings (SSSR count). The average molecular weight is 162 g/mol. The first kappa shape index (κ1) is 10.9. The molecule has 0 saturated heterocycles. The minimum absolute atomic E-state index is 0.0737. The second-order valence-electron chi connectivity index (χ2n) is 2.65. The molecule has 0 amide bonds. The molecule has 0 unspecified atom stereocenters. The molecule has 0 saturated carbocycles. The first-order chi connectivity index (χ1) is 5.16. The lowest BCUT2D eigenvalue weighted by Crippen LogP contribution is -2.21. The van der Waals surface area contributed by atoms with Gasteiger partial charge in [-0.05, 0) is 20.8 Å². The van der Waals surface area contributed by atoms with Crippen molar-refractivity contribution in [3.63, 3.8) is 0 Å². The minimum Gasteiger partial charge on any atom is -0.391 e. The number of rotatable bonds is 6. The van der Waals surface area contributed by atoms with Gasteiger partial charge < -0.3 is 14.6 Å². The summed E-state index contributed by atoms with van der Waals surface area (Å²) >= 11 is 0. The van der Waals surface area contributed by atoms with Crippen LogP contribution in [0.1, 0.15) is 20.8 Å². The standard InChI is InChI=1S/C8H18O3/c1-4-10-6-8(3)11-5-7(2)9/h7-9H,4-6H2,1-3H3/t7-,8-/m1/s1. The van der Waals surface area contributed by atoms with Crippen LogP contribution in [0, 0.1) is 0 Å². The lowest BCUT2D eigenvalue weighted by molar-refractivity contribution is -0.0344. The molecule has 1 N–H and O–H groups in total. The Bertz CT molecular complexity index is 83.4. The third kappa shape index (κ3) is 7.78. The summed E-state index contributed by atoms with van der Waals surface area (Å²) in [5, 5.41) is 8.86. The summed E-state index contributed by atoms with van der Waals surface area (Å²) in [6, 6.07) is 0. The van der Waals surface area contributed by atoms with E-state index in [1.165, 1.54) is 0 Å². The van der Waals surface area contributed by atoms with Gasteiger partial charge in [0.05, 0.1) is 25.4 Å². The van der Waals surface area contributed by atoms with Crippen molar-refractivity contribution in [3.05, 3.63) is 0 Å². The van der Waals surface area contributed by atoms with Gasteiger partial charge in [-0.1, -0.05) is 0 Å². The van der Waals surface area contributed by atoms with E-state index in [1.807, 2.05) is 13.8 Å². The van der Waals surface area contributed by atoms with Crippen LogP contribution in [-0.2, 0) is 9.47 Å². The highest BCUT2D eigenvalue weighted by molar-refractivity contribution is 4.49. The van der Waals surface area contributed by atoms with Gasteiger partial charge in [0.1, 0.15) is 0 Å². The van der Waals surface area contributed by atoms with E-state index in [-0.39, 0.29) is 12.2 Å². The molecule has 0 aliphatic rings. The van der Waals surface area contributed by atoms with Crippen molar-refractivity contribution in [1.82, 2.24) is 0 Å². The van der Waals surface area contributed by atoms with Crippen molar-refractivity contribution < 1.29 is 14.6 Å². The van der Waals surface area contributed by atoms with E-state index in [0.717, 1.165) is 0 Å². The largest absolute Gasteiger partial charge is 0.391 e. The maximum absolute atomic E-state index is 8.86. The van der Waals surface area contributed by atoms with Gasteiger partial charge in [-0.3, -0.25) is 0 Å². The Hall–Kier alpha value is -0.120. The van der Waals surface area contributed by atoms with Crippen LogP contribution in [0.4, 0.5) is 0 Å². The fourth-order valence-electron chi connectivity index (χ4n) is 0.635. The van der Waals surface area contributed by atoms with Crippen molar-refractivity contribution in [2.24, 2.45) is 0 Å². The van der Waals surface area contributed by atoms with E-state index >= 15 is 0 Å². The molecule has 3 nitrogen and oxygen atoms in total. The van der Waals surface area contributed by atoms with Crippen LogP contribution < -0.4 is 0 Å². The van der Waals surface area contributed by atoms with Crippen molar-refractivity contribution in [2.75, 3.05) is 19.8 Å². The van der Waals surface area contributed by atoms with Gasteiger partial charge >= 0.3 is 0 Å². The zero-order chi connectivity index (χ0) is 8.69. The molecular weight excluding hydrogens is 144 g/mol. The van der Waals surface area contributed by atoms with E-state index in [2.05, 4.69) is 0 Å². The zero-order valence-electron chi connectivity index (χ0n) is 7.54. The van der Waals surface area contributed by atoms with Crippen molar-refractivity contribution in [1.29, 1.82) is 0 Å². The zero-order valence-corrected chi connectivity index (χ0v) is 7.54. The number of hydrogen-bond donors (Lipinski definition) is 1. The van der Waals surface area contributed by atoms with Gasteiger partial charge in [0.15, 0.2) is 0 Å². The fraction of sp³-hybridized carbons (Fsp3) is 1.00. The monoisotopic (exact) mass is 162 g/mol. The van der Waals surface area contributed by atoms with E-state index in [9.17, 15) is 0 Å². The van der Waals surface area contributed by atoms with Crippen LogP contribution in [0.15, 0.2) is 0 Å². The molecule has 11 heavy (non-hydrogen) atoms. The Balaban J connectivity index is 3.15. The predicted molar refractivity (Wildman–Crippen MR) is 43.6 cm³/mol. The van der Waals surface area contributed by atoms with Crippen molar-refractivity contribution >= 4 is 0 Å². The molecule has 0 aromatic carbocycles. The first-order valence-corrected chi connectivity index (χ1v) is 4.04. The first-order valence-electron chi connectivity index (χ1n) is 4.04. The number of aliphatic hydroxyl groups is 1. The Morgan fingerprint density at radius 3 is 2.36 bits per heavy atom. The molecule has 0 aromatic heterocycles. The Morgan fingerprint density at radius 1 is 1.27 bits per heavy atom. The summed E-state index contributed by atoms with van der Waals surface area (Å²) < 4.78 is 10.4. The topological polar surface area (TPSA) is 38.7 Å². The van der Waals surface area contributed by atoms with Crippen molar-refractivity contribution in [3.8, 4) is 0 Å². The van der Waals surface area contributed by atoms with Crippen LogP contribution in [0.2, 0.25) is 0 Å². The summed E-state index contributed by atoms with van der Waals surface area (Å²) in [4.78, 5) is 0. The third-order valence-corrected chi connectivity index (χ3v) is 1.18. The average Bonchev–Trinajstić information content (AvgIpc) is 1.97. The normalized spacial score (nSPS) is 16.4. The molecule has 0 heterocycles. The summed E-state index contributed by atoms with van der Waals surface area (Å²) in [7, 11) is 0. The van der Waals surface area contributed by atoms with Crippen LogP contribution in [0.25, 0.3) is 0 Å². The van der Waals surface area contributed by atoms with Gasteiger partial charge in [0.25, 0.3) is 0 Å². The van der Waals surface area contributed by atoms with E-state index in [0.29, 0.717) is 19.8 Å². The SMILES string of the molecule is CCOC[C@@H](C)OC[C@@H](C)O. The van der Waals surface area contributed by atoms with Crippen molar-refractivity contribution in [2.45, 2.75) is 33.0 Å². The lowest BCUT2D eigenvalue weighted by atomic mass is 10.4. The van der Waals surface area contributed by atoms with E-state index < -0.39 is 0 Å². The Morgan fingerprint density at radius 2 is 1.91 bits per heavy atom. The van der Waals surface area contributed by atoms with Gasteiger partial charge in [0.2, 0.25) is 0 Å². The highest BCUT2D eigenvalue weighted by Gasteiger charge is 2.03. The molecule has 0 bridgehead atoms. The van der Waals surface area contributed by atoms with Crippen LogP contribution in [0.5, 0.6) is 0 Å². The summed E-state index contributed by atoms with van der Waals surface area (Å²) in [5.74, 6) is 0. The molecule has 0 aliphatic carbocycles. The Labute approximate surface area is 68.3 Å². The summed E-state index contributed by atoms with van der Waals surface area (Å²) in [6.07, 6.45) is -0.316. The maximum atomic E-state index is 8.86. The molecule has 0 fully saturated rings. The molecule has 2 atom stereocenters. The quantitative estimate of drug-likeness (QED) is 0.628. The lowest BCUT2D eigenvalue weighted by Gasteiger charge is -2.13. The summed E-state index contributed by atoms with van der Waals surface area (Å²) in [6.45, 7) is 7.27. The van der Waals surface area contributed by atoms with Gasteiger partial charge in [-0.15, -0.1) is 0 Å². The highest BCUT2D eigenvalue weighted by Crippen LogP contribution is 1.93. The second-order valence-corrected chi connectivity index (χ2v) is 2.65. The number of ether oxygens (including phenoxy) is 2. The molecule has 0 aliphatic heterocycles. The maximum Gasteiger partial charge on any atom is 0.0781 e. The second kappa shape index (κ2) is 6.58. The molecule has 3 heteroatoms. The predicted octanol–water partition coefficient (Wildman–Crippen LogP) is 0.809.